The van der Waals surface area contributed by atoms with Crippen LogP contribution < -0.4 is 4.74 Å². The molecule has 0 aliphatic heterocycles. The van der Waals surface area contributed by atoms with E-state index in [9.17, 15) is 13.6 Å². The van der Waals surface area contributed by atoms with E-state index < -0.39 is 13.0 Å². The van der Waals surface area contributed by atoms with Crippen molar-refractivity contribution in [3.05, 3.63) is 28.2 Å². The molecule has 0 bridgehead atoms. The number of aldehydes is 1. The summed E-state index contributed by atoms with van der Waals surface area (Å²) in [6.45, 7) is -0.654. The molecule has 0 aliphatic rings. The van der Waals surface area contributed by atoms with Crippen LogP contribution >= 0.6 is 15.9 Å². The average Bonchev–Trinajstić information content (AvgIpc) is 2.15. The lowest BCUT2D eigenvalue weighted by Crippen LogP contribution is -2.07. The molecule has 0 saturated heterocycles. The molecule has 0 aromatic heterocycles. The van der Waals surface area contributed by atoms with E-state index in [1.54, 1.807) is 0 Å². The third kappa shape index (κ3) is 3.06. The highest BCUT2D eigenvalue weighted by molar-refractivity contribution is 9.10. The van der Waals surface area contributed by atoms with Crippen molar-refractivity contribution < 1.29 is 18.3 Å². The van der Waals surface area contributed by atoms with E-state index in [0.717, 1.165) is 0 Å². The molecule has 0 unspecified atom stereocenters. The average molecular weight is 265 g/mol. The molecule has 1 aromatic carbocycles. The first-order valence-electron chi connectivity index (χ1n) is 3.79. The van der Waals surface area contributed by atoms with Gasteiger partial charge in [-0.25, -0.2) is 8.78 Å². The van der Waals surface area contributed by atoms with Gasteiger partial charge in [0.25, 0.3) is 6.43 Å². The first-order valence-corrected chi connectivity index (χ1v) is 4.58. The number of hydrogen-bond acceptors (Lipinski definition) is 2. The Bertz CT molecular complexity index is 329. The molecule has 0 radical (unpaired) electrons. The van der Waals surface area contributed by atoms with Crippen LogP contribution in [0.3, 0.4) is 0 Å². The summed E-state index contributed by atoms with van der Waals surface area (Å²) in [5.41, 5.74) is 0.460. The first-order chi connectivity index (χ1) is 6.63. The summed E-state index contributed by atoms with van der Waals surface area (Å²) in [6, 6.07) is 4.47. The van der Waals surface area contributed by atoms with Crippen molar-refractivity contribution in [2.75, 3.05) is 6.61 Å². The highest BCUT2D eigenvalue weighted by Crippen LogP contribution is 2.25. The van der Waals surface area contributed by atoms with Crippen molar-refractivity contribution >= 4 is 22.2 Å². The third-order valence-corrected chi connectivity index (χ3v) is 2.08. The topological polar surface area (TPSA) is 26.3 Å². The number of halogens is 3. The fraction of sp³-hybridized carbons (Fsp3) is 0.222. The lowest BCUT2D eigenvalue weighted by atomic mass is 10.2. The van der Waals surface area contributed by atoms with Gasteiger partial charge in [0.1, 0.15) is 18.6 Å². The van der Waals surface area contributed by atoms with Gasteiger partial charge in [-0.15, -0.1) is 0 Å². The molecule has 14 heavy (non-hydrogen) atoms. The molecule has 0 amide bonds. The van der Waals surface area contributed by atoms with Crippen molar-refractivity contribution in [2.45, 2.75) is 6.43 Å². The Morgan fingerprint density at radius 1 is 1.50 bits per heavy atom. The Kier molecular flexibility index (Phi) is 4.00. The van der Waals surface area contributed by atoms with Gasteiger partial charge < -0.3 is 4.74 Å². The second kappa shape index (κ2) is 5.05. The quantitative estimate of drug-likeness (QED) is 0.782. The van der Waals surface area contributed by atoms with E-state index in [1.807, 2.05) is 0 Å². The van der Waals surface area contributed by atoms with Crippen molar-refractivity contribution in [2.24, 2.45) is 0 Å². The number of carbonyl (C=O) groups excluding carboxylic acids is 1. The SMILES string of the molecule is O=Cc1ccc(OCC(F)F)c(Br)c1. The smallest absolute Gasteiger partial charge is 0.272 e. The zero-order valence-electron chi connectivity index (χ0n) is 7.04. The second-order valence-corrected chi connectivity index (χ2v) is 3.36. The molecule has 0 saturated carbocycles. The molecule has 1 rings (SSSR count). The summed E-state index contributed by atoms with van der Waals surface area (Å²) in [5.74, 6) is 0.302. The van der Waals surface area contributed by atoms with E-state index in [4.69, 9.17) is 4.74 Å². The Labute approximate surface area is 88.0 Å². The molecule has 0 heterocycles. The van der Waals surface area contributed by atoms with Gasteiger partial charge in [0.2, 0.25) is 0 Å². The summed E-state index contributed by atoms with van der Waals surface area (Å²) >= 11 is 3.11. The van der Waals surface area contributed by atoms with E-state index in [0.29, 0.717) is 22.1 Å². The normalized spacial score (nSPS) is 10.3. The van der Waals surface area contributed by atoms with Crippen molar-refractivity contribution in [3.63, 3.8) is 0 Å². The fourth-order valence-corrected chi connectivity index (χ4v) is 1.37. The Balaban J connectivity index is 2.73. The van der Waals surface area contributed by atoms with E-state index in [-0.39, 0.29) is 0 Å². The van der Waals surface area contributed by atoms with Crippen molar-refractivity contribution in [1.29, 1.82) is 0 Å². The first kappa shape index (κ1) is 11.1. The van der Waals surface area contributed by atoms with Crippen LogP contribution in [0.2, 0.25) is 0 Å². The number of rotatable bonds is 4. The van der Waals surface area contributed by atoms with E-state index in [2.05, 4.69) is 15.9 Å². The number of benzene rings is 1. The zero-order chi connectivity index (χ0) is 10.6. The molecule has 76 valence electrons. The zero-order valence-corrected chi connectivity index (χ0v) is 8.63. The van der Waals surface area contributed by atoms with Crippen LogP contribution in [0.1, 0.15) is 10.4 Å². The molecule has 0 atom stereocenters. The monoisotopic (exact) mass is 264 g/mol. The van der Waals surface area contributed by atoms with Crippen LogP contribution in [0.5, 0.6) is 5.75 Å². The molecule has 0 N–H and O–H groups in total. The van der Waals surface area contributed by atoms with E-state index >= 15 is 0 Å². The van der Waals surface area contributed by atoms with Gasteiger partial charge >= 0.3 is 0 Å². The van der Waals surface area contributed by atoms with Gasteiger partial charge in [0.15, 0.2) is 0 Å². The third-order valence-electron chi connectivity index (χ3n) is 1.46. The standard InChI is InChI=1S/C9H7BrF2O2/c10-7-3-6(4-13)1-2-8(7)14-5-9(11)12/h1-4,9H,5H2. The van der Waals surface area contributed by atoms with Crippen LogP contribution in [-0.2, 0) is 0 Å². The van der Waals surface area contributed by atoms with E-state index in [1.165, 1.54) is 18.2 Å². The largest absolute Gasteiger partial charge is 0.486 e. The summed E-state index contributed by atoms with van der Waals surface area (Å²) in [6.07, 6.45) is -1.84. The minimum atomic E-state index is -2.51. The molecule has 5 heteroatoms. The van der Waals surface area contributed by atoms with Gasteiger partial charge in [-0.05, 0) is 34.1 Å². The highest BCUT2D eigenvalue weighted by atomic mass is 79.9. The Hall–Kier alpha value is -0.970. The second-order valence-electron chi connectivity index (χ2n) is 2.51. The number of hydrogen-bond donors (Lipinski definition) is 0. The fourth-order valence-electron chi connectivity index (χ4n) is 0.860. The molecule has 0 spiro atoms. The minimum absolute atomic E-state index is 0.302. The van der Waals surface area contributed by atoms with Gasteiger partial charge in [-0.2, -0.15) is 0 Å². The van der Waals surface area contributed by atoms with Crippen LogP contribution in [0.15, 0.2) is 22.7 Å². The van der Waals surface area contributed by atoms with Crippen LogP contribution in [0.25, 0.3) is 0 Å². The summed E-state index contributed by atoms with van der Waals surface area (Å²) in [7, 11) is 0. The Morgan fingerprint density at radius 2 is 2.21 bits per heavy atom. The molecular formula is C9H7BrF2O2. The maximum atomic E-state index is 11.8. The number of ether oxygens (including phenoxy) is 1. The summed E-state index contributed by atoms with van der Waals surface area (Å²) in [5, 5.41) is 0. The van der Waals surface area contributed by atoms with Gasteiger partial charge in [-0.1, -0.05) is 0 Å². The van der Waals surface area contributed by atoms with Gasteiger partial charge in [-0.3, -0.25) is 4.79 Å². The number of carbonyl (C=O) groups is 1. The maximum Gasteiger partial charge on any atom is 0.272 e. The molecule has 0 aliphatic carbocycles. The van der Waals surface area contributed by atoms with Gasteiger partial charge in [0.05, 0.1) is 4.47 Å². The van der Waals surface area contributed by atoms with Gasteiger partial charge in [0, 0.05) is 5.56 Å². The number of alkyl halides is 2. The maximum absolute atomic E-state index is 11.8. The predicted molar refractivity (Wildman–Crippen MR) is 51.0 cm³/mol. The molecular weight excluding hydrogens is 258 g/mol. The lowest BCUT2D eigenvalue weighted by molar-refractivity contribution is 0.0815. The van der Waals surface area contributed by atoms with Crippen LogP contribution in [0, 0.1) is 0 Å². The van der Waals surface area contributed by atoms with Crippen molar-refractivity contribution in [3.8, 4) is 5.75 Å². The summed E-state index contributed by atoms with van der Waals surface area (Å²) in [4.78, 5) is 10.4. The lowest BCUT2D eigenvalue weighted by Gasteiger charge is -2.07. The molecule has 1 aromatic rings. The summed E-state index contributed by atoms with van der Waals surface area (Å²) < 4.78 is 28.9. The Morgan fingerprint density at radius 3 is 2.71 bits per heavy atom. The highest BCUT2D eigenvalue weighted by Gasteiger charge is 2.06. The molecule has 2 nitrogen and oxygen atoms in total. The van der Waals surface area contributed by atoms with Crippen LogP contribution in [0.4, 0.5) is 8.78 Å². The minimum Gasteiger partial charge on any atom is -0.486 e. The van der Waals surface area contributed by atoms with Crippen molar-refractivity contribution in [1.82, 2.24) is 0 Å². The predicted octanol–water partition coefficient (Wildman–Crippen LogP) is 2.91. The molecule has 0 fully saturated rings. The van der Waals surface area contributed by atoms with Crippen LogP contribution in [-0.4, -0.2) is 19.3 Å².